The quantitative estimate of drug-likeness (QED) is 0.285. The van der Waals surface area contributed by atoms with E-state index < -0.39 is 0 Å². The highest BCUT2D eigenvalue weighted by Gasteiger charge is 2.26. The fraction of sp³-hybridized carbons (Fsp3) is 0.571. The third kappa shape index (κ3) is 6.66. The van der Waals surface area contributed by atoms with Crippen LogP contribution in [0.4, 0.5) is 4.39 Å². The monoisotopic (exact) mass is 616 g/mol. The van der Waals surface area contributed by atoms with Gasteiger partial charge in [0.05, 0.1) is 5.69 Å². The van der Waals surface area contributed by atoms with Crippen LogP contribution in [0.5, 0.6) is 0 Å². The van der Waals surface area contributed by atoms with E-state index in [4.69, 9.17) is 9.51 Å². The Labute approximate surface area is 263 Å². The lowest BCUT2D eigenvalue weighted by Crippen LogP contribution is -2.37. The molecule has 0 N–H and O–H groups in total. The fourth-order valence-electron chi connectivity index (χ4n) is 7.21. The Morgan fingerprint density at radius 1 is 0.844 bits per heavy atom. The van der Waals surface area contributed by atoms with Crippen LogP contribution in [0.15, 0.2) is 32.3 Å². The fourth-order valence-corrected chi connectivity index (χ4v) is 7.21. The van der Waals surface area contributed by atoms with Crippen molar-refractivity contribution >= 4 is 11.0 Å². The number of hydrogen-bond acceptors (Lipinski definition) is 7. The van der Waals surface area contributed by atoms with E-state index >= 15 is 0 Å². The first-order valence-electron chi connectivity index (χ1n) is 16.8. The van der Waals surface area contributed by atoms with Gasteiger partial charge in [0, 0.05) is 72.4 Å². The van der Waals surface area contributed by atoms with Crippen LogP contribution < -0.4 is 11.1 Å². The van der Waals surface area contributed by atoms with Crippen molar-refractivity contribution in [1.82, 2.24) is 29.2 Å². The largest absolute Gasteiger partial charge is 0.356 e. The summed E-state index contributed by atoms with van der Waals surface area (Å²) in [6.07, 6.45) is 10.9. The van der Waals surface area contributed by atoms with Gasteiger partial charge in [-0.05, 0) is 90.4 Å². The number of aromatic nitrogens is 5. The predicted molar refractivity (Wildman–Crippen MR) is 172 cm³/mol. The first-order chi connectivity index (χ1) is 21.8. The van der Waals surface area contributed by atoms with Gasteiger partial charge in [-0.1, -0.05) is 18.5 Å². The maximum absolute atomic E-state index is 13.4. The van der Waals surface area contributed by atoms with Crippen molar-refractivity contribution in [2.45, 2.75) is 110 Å². The summed E-state index contributed by atoms with van der Waals surface area (Å²) >= 11 is 0. The molecule has 0 saturated carbocycles. The van der Waals surface area contributed by atoms with Gasteiger partial charge in [0.15, 0.2) is 5.58 Å². The van der Waals surface area contributed by atoms with E-state index in [2.05, 4.69) is 22.0 Å². The van der Waals surface area contributed by atoms with Crippen molar-refractivity contribution in [1.29, 1.82) is 0 Å². The highest BCUT2D eigenvalue weighted by molar-refractivity contribution is 5.79. The minimum atomic E-state index is -0.303. The molecular weight excluding hydrogens is 571 g/mol. The molecule has 1 aromatic carbocycles. The molecule has 0 aliphatic carbocycles. The highest BCUT2D eigenvalue weighted by atomic mass is 19.1. The van der Waals surface area contributed by atoms with E-state index in [0.717, 1.165) is 142 Å². The van der Waals surface area contributed by atoms with Crippen molar-refractivity contribution in [2.24, 2.45) is 0 Å². The lowest BCUT2D eigenvalue weighted by atomic mass is 9.91. The minimum Gasteiger partial charge on any atom is -0.356 e. The molecule has 0 atom stereocenters. The van der Waals surface area contributed by atoms with Gasteiger partial charge in [-0.2, -0.15) is 0 Å². The zero-order valence-corrected chi connectivity index (χ0v) is 26.9. The van der Waals surface area contributed by atoms with Crippen LogP contribution in [-0.2, 0) is 38.8 Å². The van der Waals surface area contributed by atoms with Gasteiger partial charge in [0.1, 0.15) is 17.5 Å². The second-order valence-corrected chi connectivity index (χ2v) is 12.8. The van der Waals surface area contributed by atoms with Gasteiger partial charge in [-0.25, -0.2) is 14.4 Å². The van der Waals surface area contributed by atoms with Gasteiger partial charge in [-0.3, -0.25) is 18.7 Å². The normalized spacial score (nSPS) is 17.1. The molecule has 0 unspecified atom stereocenters. The number of nitrogens with zero attached hydrogens (tertiary/aromatic N) is 6. The molecule has 9 nitrogen and oxygen atoms in total. The number of hydrogen-bond donors (Lipinski definition) is 0. The Morgan fingerprint density at radius 3 is 2.04 bits per heavy atom. The first-order valence-corrected chi connectivity index (χ1v) is 16.8. The number of aryl methyl sites for hydroxylation is 4. The molecule has 7 rings (SSSR count). The lowest BCUT2D eigenvalue weighted by molar-refractivity contribution is 0.211. The highest BCUT2D eigenvalue weighted by Crippen LogP contribution is 2.32. The second kappa shape index (κ2) is 13.8. The predicted octanol–water partition coefficient (Wildman–Crippen LogP) is 5.43. The number of fused-ring (bicyclic) bond motifs is 3. The van der Waals surface area contributed by atoms with Crippen LogP contribution in [0, 0.1) is 19.7 Å². The van der Waals surface area contributed by atoms with Gasteiger partial charge in [0.25, 0.3) is 11.1 Å². The van der Waals surface area contributed by atoms with Crippen LogP contribution in [0.1, 0.15) is 97.6 Å². The van der Waals surface area contributed by atoms with Crippen LogP contribution in [0.3, 0.4) is 0 Å². The van der Waals surface area contributed by atoms with Crippen molar-refractivity contribution in [2.75, 3.05) is 19.6 Å². The summed E-state index contributed by atoms with van der Waals surface area (Å²) in [6, 6.07) is 4.63. The summed E-state index contributed by atoms with van der Waals surface area (Å²) in [4.78, 5) is 36.8. The molecule has 45 heavy (non-hydrogen) atoms. The number of rotatable bonds is 6. The molecule has 0 spiro atoms. The van der Waals surface area contributed by atoms with Gasteiger partial charge >= 0.3 is 0 Å². The molecule has 4 aromatic rings. The van der Waals surface area contributed by atoms with Gasteiger partial charge in [0.2, 0.25) is 0 Å². The van der Waals surface area contributed by atoms with Gasteiger partial charge in [-0.15, -0.1) is 0 Å². The molecule has 3 aliphatic heterocycles. The van der Waals surface area contributed by atoms with Crippen molar-refractivity contribution in [3.05, 3.63) is 84.6 Å². The topological polar surface area (TPSA) is 99.0 Å². The Hall–Kier alpha value is -3.66. The SMILES string of the molecule is CCCc1c(C)nc2n(c1=O)CCCC2.Cc1nc2n(c(=O)c1CCN1CCC(c3noc4cc(F)ccc34)CC1)CCCC2. The first kappa shape index (κ1) is 31.3. The second-order valence-electron chi connectivity index (χ2n) is 12.8. The zero-order valence-electron chi connectivity index (χ0n) is 26.9. The van der Waals surface area contributed by atoms with E-state index in [0.29, 0.717) is 11.5 Å². The maximum Gasteiger partial charge on any atom is 0.256 e. The smallest absolute Gasteiger partial charge is 0.256 e. The molecule has 0 radical (unpaired) electrons. The van der Waals surface area contributed by atoms with Crippen molar-refractivity contribution in [3.8, 4) is 0 Å². The maximum atomic E-state index is 13.4. The average molecular weight is 617 g/mol. The zero-order chi connectivity index (χ0) is 31.5. The van der Waals surface area contributed by atoms with E-state index in [1.54, 1.807) is 6.07 Å². The molecule has 0 bridgehead atoms. The number of piperidine rings is 1. The summed E-state index contributed by atoms with van der Waals surface area (Å²) in [6.45, 7) is 10.5. The number of benzene rings is 1. The molecule has 0 amide bonds. The molecular formula is C35H45FN6O3. The van der Waals surface area contributed by atoms with E-state index in [1.807, 2.05) is 23.0 Å². The van der Waals surface area contributed by atoms with Crippen LogP contribution in [0.2, 0.25) is 0 Å². The Morgan fingerprint density at radius 2 is 1.44 bits per heavy atom. The third-order valence-electron chi connectivity index (χ3n) is 9.78. The minimum absolute atomic E-state index is 0.161. The average Bonchev–Trinajstić information content (AvgIpc) is 3.46. The molecule has 3 aliphatic rings. The Balaban J connectivity index is 0.000000200. The standard InChI is InChI=1S/C23H27FN4O2.C12H18N2O/c1-15-18(23(29)28-10-3-2-4-21(28)25-15)9-13-27-11-7-16(8-12-27)22-19-6-5-17(24)14-20(19)30-26-22;1-3-6-10-9(2)13-11-7-4-5-8-14(11)12(10)15/h5-6,14,16H,2-4,7-13H2,1H3;3-8H2,1-2H3. The molecule has 3 aromatic heterocycles. The summed E-state index contributed by atoms with van der Waals surface area (Å²) < 4.78 is 22.5. The van der Waals surface area contributed by atoms with Crippen LogP contribution >= 0.6 is 0 Å². The van der Waals surface area contributed by atoms with Crippen molar-refractivity contribution in [3.63, 3.8) is 0 Å². The van der Waals surface area contributed by atoms with Crippen molar-refractivity contribution < 1.29 is 8.91 Å². The van der Waals surface area contributed by atoms with E-state index in [-0.39, 0.29) is 16.9 Å². The molecule has 10 heteroatoms. The number of halogens is 1. The van der Waals surface area contributed by atoms with Crippen LogP contribution in [-0.4, -0.2) is 48.8 Å². The molecule has 1 fully saturated rings. The van der Waals surface area contributed by atoms with Gasteiger partial charge < -0.3 is 9.42 Å². The number of likely N-dealkylation sites (tertiary alicyclic amines) is 1. The van der Waals surface area contributed by atoms with Crippen LogP contribution in [0.25, 0.3) is 11.0 Å². The lowest BCUT2D eigenvalue weighted by Gasteiger charge is -2.31. The summed E-state index contributed by atoms with van der Waals surface area (Å²) in [5.74, 6) is 1.96. The molecule has 1 saturated heterocycles. The third-order valence-corrected chi connectivity index (χ3v) is 9.78. The van der Waals surface area contributed by atoms with E-state index in [9.17, 15) is 14.0 Å². The molecule has 6 heterocycles. The Kier molecular flexibility index (Phi) is 9.58. The summed E-state index contributed by atoms with van der Waals surface area (Å²) in [5, 5.41) is 5.15. The Bertz CT molecular complexity index is 1780. The molecule has 240 valence electrons. The summed E-state index contributed by atoms with van der Waals surface area (Å²) in [7, 11) is 0. The van der Waals surface area contributed by atoms with E-state index in [1.165, 1.54) is 18.6 Å². The summed E-state index contributed by atoms with van der Waals surface area (Å²) in [5.41, 5.74) is 5.45.